The van der Waals surface area contributed by atoms with Gasteiger partial charge in [0, 0.05) is 18.3 Å². The number of thiazole rings is 1. The molecule has 2 rings (SSSR count). The Labute approximate surface area is 157 Å². The zero-order valence-corrected chi connectivity index (χ0v) is 15.9. The monoisotopic (exact) mass is 382 g/mol. The molecule has 0 unspecified atom stereocenters. The number of carbonyl (C=O) groups is 2. The molecule has 0 aliphatic carbocycles. The normalized spacial score (nSPS) is 10.2. The molecule has 0 aliphatic heterocycles. The van der Waals surface area contributed by atoms with E-state index in [0.717, 1.165) is 5.01 Å². The highest BCUT2D eigenvalue weighted by atomic mass is 35.5. The summed E-state index contributed by atoms with van der Waals surface area (Å²) in [4.78, 5) is 28.9. The molecule has 136 valence electrons. The third-order valence-corrected chi connectivity index (χ3v) is 4.14. The van der Waals surface area contributed by atoms with Gasteiger partial charge >= 0.3 is 0 Å². The third-order valence-electron chi connectivity index (χ3n) is 3.23. The number of nitrogens with two attached hydrogens (primary N) is 1. The topological polar surface area (TPSA) is 97.1 Å². The van der Waals surface area contributed by atoms with E-state index in [1.807, 2.05) is 13.8 Å². The predicted octanol–water partition coefficient (Wildman–Crippen LogP) is 2.70. The molecule has 8 heteroatoms. The number of halogens is 1. The highest BCUT2D eigenvalue weighted by Crippen LogP contribution is 2.17. The summed E-state index contributed by atoms with van der Waals surface area (Å²) in [5.74, 6) is -0.188. The van der Waals surface area contributed by atoms with Crippen LogP contribution < -0.4 is 16.4 Å². The molecule has 1 aromatic heterocycles. The molecule has 0 atom stereocenters. The van der Waals surface area contributed by atoms with Gasteiger partial charge < -0.3 is 16.4 Å². The Morgan fingerprint density at radius 3 is 2.64 bits per heavy atom. The van der Waals surface area contributed by atoms with Gasteiger partial charge in [0.2, 0.25) is 0 Å². The Morgan fingerprint density at radius 1 is 1.24 bits per heavy atom. The lowest BCUT2D eigenvalue weighted by Crippen LogP contribution is -2.28. The maximum absolute atomic E-state index is 12.3. The van der Waals surface area contributed by atoms with E-state index in [4.69, 9.17) is 5.73 Å². The molecule has 1 aromatic carbocycles. The van der Waals surface area contributed by atoms with E-state index in [1.165, 1.54) is 11.3 Å². The third kappa shape index (κ3) is 6.12. The lowest BCUT2D eigenvalue weighted by Gasteiger charge is -2.12. The average Bonchev–Trinajstić information content (AvgIpc) is 3.02. The van der Waals surface area contributed by atoms with Crippen molar-refractivity contribution in [3.63, 3.8) is 0 Å². The molecule has 0 bridgehead atoms. The molecule has 0 fully saturated rings. The number of hydrogen-bond acceptors (Lipinski definition) is 5. The number of rotatable bonds is 7. The molecule has 4 N–H and O–H groups in total. The molecule has 2 aromatic rings. The second-order valence-electron chi connectivity index (χ2n) is 5.77. The van der Waals surface area contributed by atoms with Crippen LogP contribution in [0.25, 0.3) is 0 Å². The minimum absolute atomic E-state index is 0. The zero-order chi connectivity index (χ0) is 17.5. The van der Waals surface area contributed by atoms with Gasteiger partial charge in [0.15, 0.2) is 0 Å². The molecular formula is C17H23ClN4O2S. The Hall–Kier alpha value is -1.96. The molecule has 6 nitrogen and oxygen atoms in total. The summed E-state index contributed by atoms with van der Waals surface area (Å²) >= 11 is 1.40. The Balaban J connectivity index is 0.00000312. The van der Waals surface area contributed by atoms with Gasteiger partial charge in [0.1, 0.15) is 5.69 Å². The van der Waals surface area contributed by atoms with Crippen LogP contribution in [0.3, 0.4) is 0 Å². The Morgan fingerprint density at radius 2 is 1.96 bits per heavy atom. The van der Waals surface area contributed by atoms with Gasteiger partial charge in [-0.05, 0) is 24.6 Å². The fraction of sp³-hybridized carbons (Fsp3) is 0.353. The minimum Gasteiger partial charge on any atom is -0.352 e. The number of hydrogen-bond donors (Lipinski definition) is 3. The molecule has 0 spiro atoms. The summed E-state index contributed by atoms with van der Waals surface area (Å²) in [5.41, 5.74) is 6.73. The predicted molar refractivity (Wildman–Crippen MR) is 104 cm³/mol. The summed E-state index contributed by atoms with van der Waals surface area (Å²) in [7, 11) is 0. The smallest absolute Gasteiger partial charge is 0.275 e. The summed E-state index contributed by atoms with van der Waals surface area (Å²) in [6.45, 7) is 5.12. The van der Waals surface area contributed by atoms with Crippen molar-refractivity contribution in [2.75, 3.05) is 18.4 Å². The van der Waals surface area contributed by atoms with E-state index in [9.17, 15) is 9.59 Å². The minimum atomic E-state index is -0.335. The summed E-state index contributed by atoms with van der Waals surface area (Å²) in [5, 5.41) is 8.14. The first-order valence-corrected chi connectivity index (χ1v) is 8.72. The fourth-order valence-electron chi connectivity index (χ4n) is 2.02. The van der Waals surface area contributed by atoms with Crippen molar-refractivity contribution in [2.45, 2.75) is 20.3 Å². The van der Waals surface area contributed by atoms with Crippen LogP contribution in [0.1, 0.15) is 39.7 Å². The molecule has 0 radical (unpaired) electrons. The van der Waals surface area contributed by atoms with Crippen LogP contribution in [0.4, 0.5) is 5.69 Å². The van der Waals surface area contributed by atoms with E-state index in [-0.39, 0.29) is 24.2 Å². The van der Waals surface area contributed by atoms with Gasteiger partial charge in [-0.3, -0.25) is 9.59 Å². The average molecular weight is 383 g/mol. The van der Waals surface area contributed by atoms with Gasteiger partial charge in [-0.25, -0.2) is 4.98 Å². The van der Waals surface area contributed by atoms with Crippen LogP contribution in [-0.2, 0) is 6.42 Å². The molecule has 0 saturated carbocycles. The Kier molecular flexibility index (Phi) is 8.54. The van der Waals surface area contributed by atoms with E-state index < -0.39 is 0 Å². The first kappa shape index (κ1) is 21.1. The van der Waals surface area contributed by atoms with Crippen LogP contribution in [0.5, 0.6) is 0 Å². The molecule has 1 heterocycles. The first-order chi connectivity index (χ1) is 11.5. The second-order valence-corrected chi connectivity index (χ2v) is 6.71. The second kappa shape index (κ2) is 10.1. The molecule has 0 aliphatic rings. The highest BCUT2D eigenvalue weighted by molar-refractivity contribution is 7.09. The largest absolute Gasteiger partial charge is 0.352 e. The lowest BCUT2D eigenvalue weighted by molar-refractivity contribution is 0.0950. The van der Waals surface area contributed by atoms with Crippen molar-refractivity contribution in [1.29, 1.82) is 0 Å². The molecule has 25 heavy (non-hydrogen) atoms. The SMILES string of the molecule is CC(C)CNC(=O)c1ccccc1NC(=O)c1csc(CCN)n1.Cl. The number of para-hydroxylation sites is 1. The van der Waals surface area contributed by atoms with Crippen molar-refractivity contribution >= 4 is 41.2 Å². The maximum atomic E-state index is 12.3. The number of nitrogens with one attached hydrogen (secondary N) is 2. The first-order valence-electron chi connectivity index (χ1n) is 7.84. The fourth-order valence-corrected chi connectivity index (χ4v) is 2.82. The number of aromatic nitrogens is 1. The van der Waals surface area contributed by atoms with E-state index in [2.05, 4.69) is 15.6 Å². The van der Waals surface area contributed by atoms with Gasteiger partial charge in [0.05, 0.1) is 16.3 Å². The number of benzene rings is 1. The number of nitrogens with zero attached hydrogens (tertiary/aromatic N) is 1. The van der Waals surface area contributed by atoms with Crippen molar-refractivity contribution in [2.24, 2.45) is 11.7 Å². The van der Waals surface area contributed by atoms with E-state index in [0.29, 0.717) is 42.4 Å². The van der Waals surface area contributed by atoms with Gasteiger partial charge in [-0.1, -0.05) is 26.0 Å². The molecule has 2 amide bonds. The number of anilines is 1. The van der Waals surface area contributed by atoms with Crippen molar-refractivity contribution in [3.05, 3.63) is 45.9 Å². The van der Waals surface area contributed by atoms with Crippen molar-refractivity contribution in [3.8, 4) is 0 Å². The molecular weight excluding hydrogens is 360 g/mol. The van der Waals surface area contributed by atoms with Crippen LogP contribution >= 0.6 is 23.7 Å². The summed E-state index contributed by atoms with van der Waals surface area (Å²) < 4.78 is 0. The van der Waals surface area contributed by atoms with Crippen LogP contribution in [-0.4, -0.2) is 29.9 Å². The summed E-state index contributed by atoms with van der Waals surface area (Å²) in [6, 6.07) is 6.93. The van der Waals surface area contributed by atoms with Crippen molar-refractivity contribution < 1.29 is 9.59 Å². The van der Waals surface area contributed by atoms with Crippen LogP contribution in [0.2, 0.25) is 0 Å². The maximum Gasteiger partial charge on any atom is 0.275 e. The molecule has 0 saturated heterocycles. The Bertz CT molecular complexity index is 718. The van der Waals surface area contributed by atoms with Gasteiger partial charge in [-0.2, -0.15) is 0 Å². The van der Waals surface area contributed by atoms with E-state index in [1.54, 1.807) is 29.6 Å². The zero-order valence-electron chi connectivity index (χ0n) is 14.2. The standard InChI is InChI=1S/C17H22N4O2S.ClH/c1-11(2)9-19-16(22)12-5-3-4-6-13(12)21-17(23)14-10-24-15(20-14)7-8-18;/h3-6,10-11H,7-9,18H2,1-2H3,(H,19,22)(H,21,23);1H. The van der Waals surface area contributed by atoms with Crippen LogP contribution in [0, 0.1) is 5.92 Å². The van der Waals surface area contributed by atoms with E-state index >= 15 is 0 Å². The quantitative estimate of drug-likeness (QED) is 0.685. The van der Waals surface area contributed by atoms with Crippen LogP contribution in [0.15, 0.2) is 29.6 Å². The van der Waals surface area contributed by atoms with Gasteiger partial charge in [0.25, 0.3) is 11.8 Å². The number of carbonyl (C=O) groups excluding carboxylic acids is 2. The lowest BCUT2D eigenvalue weighted by atomic mass is 10.1. The van der Waals surface area contributed by atoms with Gasteiger partial charge in [-0.15, -0.1) is 23.7 Å². The summed E-state index contributed by atoms with van der Waals surface area (Å²) in [6.07, 6.45) is 0.645. The number of amides is 2. The highest BCUT2D eigenvalue weighted by Gasteiger charge is 2.16. The van der Waals surface area contributed by atoms with Crippen molar-refractivity contribution in [1.82, 2.24) is 10.3 Å².